The Hall–Kier alpha value is -0.640. The van der Waals surface area contributed by atoms with E-state index in [1.807, 2.05) is 0 Å². The number of nitrogens with one attached hydrogen (secondary N) is 2. The molecule has 0 spiro atoms. The molecule has 1 fully saturated rings. The van der Waals surface area contributed by atoms with E-state index < -0.39 is 0 Å². The minimum atomic E-state index is 0.407. The van der Waals surface area contributed by atoms with Gasteiger partial charge in [-0.2, -0.15) is 0 Å². The Labute approximate surface area is 75.9 Å². The third-order valence-electron chi connectivity index (χ3n) is 1.67. The fourth-order valence-electron chi connectivity index (χ4n) is 0.803. The molecule has 1 rings (SSSR count). The second-order valence-electron chi connectivity index (χ2n) is 2.87. The summed E-state index contributed by atoms with van der Waals surface area (Å²) < 4.78 is 0. The van der Waals surface area contributed by atoms with Crippen LogP contribution in [-0.4, -0.2) is 16.4 Å². The van der Waals surface area contributed by atoms with Gasteiger partial charge < -0.3 is 4.79 Å². The second-order valence-corrected chi connectivity index (χ2v) is 4.01. The van der Waals surface area contributed by atoms with Crippen molar-refractivity contribution >= 4 is 28.1 Å². The molecule has 0 aromatic rings. The minimum absolute atomic E-state index is 0.407. The van der Waals surface area contributed by atoms with Gasteiger partial charge in [0.05, 0.1) is 10.1 Å². The average molecular weight is 184 g/mol. The van der Waals surface area contributed by atoms with E-state index in [2.05, 4.69) is 0 Å². The van der Waals surface area contributed by atoms with Crippen molar-refractivity contribution in [2.75, 3.05) is 0 Å². The van der Waals surface area contributed by atoms with E-state index in [9.17, 15) is 4.79 Å². The van der Waals surface area contributed by atoms with Crippen molar-refractivity contribution in [3.05, 3.63) is 0 Å². The number of hydrogen-bond acceptors (Lipinski definition) is 4. The maximum Gasteiger partial charge on any atom is 0.120 e. The lowest BCUT2D eigenvalue weighted by Gasteiger charge is -2.00. The van der Waals surface area contributed by atoms with Crippen molar-refractivity contribution in [1.82, 2.24) is 0 Å². The molecule has 0 saturated heterocycles. The fraction of sp³-hybridized carbons (Fsp3) is 0.625. The van der Waals surface area contributed by atoms with Crippen LogP contribution in [0.1, 0.15) is 25.7 Å². The summed E-state index contributed by atoms with van der Waals surface area (Å²) >= 11 is 1.22. The zero-order chi connectivity index (χ0) is 8.97. The maximum atomic E-state index is 9.98. The van der Waals surface area contributed by atoms with Crippen LogP contribution in [-0.2, 0) is 4.79 Å². The van der Waals surface area contributed by atoms with Crippen molar-refractivity contribution in [3.63, 3.8) is 0 Å². The van der Waals surface area contributed by atoms with Gasteiger partial charge in [0.1, 0.15) is 6.29 Å². The van der Waals surface area contributed by atoms with E-state index in [1.165, 1.54) is 11.8 Å². The maximum absolute atomic E-state index is 9.98. The van der Waals surface area contributed by atoms with E-state index in [1.54, 1.807) is 0 Å². The van der Waals surface area contributed by atoms with Gasteiger partial charge in [-0.15, -0.1) is 0 Å². The fourth-order valence-corrected chi connectivity index (χ4v) is 1.69. The highest BCUT2D eigenvalue weighted by Crippen LogP contribution is 2.34. The van der Waals surface area contributed by atoms with Crippen LogP contribution < -0.4 is 0 Å². The molecule has 0 aliphatic heterocycles. The molecule has 0 heterocycles. The summed E-state index contributed by atoms with van der Waals surface area (Å²) in [4.78, 5) is 9.98. The lowest BCUT2D eigenvalue weighted by atomic mass is 10.4. The molecule has 2 N–H and O–H groups in total. The minimum Gasteiger partial charge on any atom is -0.303 e. The standard InChI is InChI=1S/C8H12N2OS/c9-7(2-1-5-11)12-8(10)6-3-4-6/h5-6,9-10H,1-4H2. The first-order chi connectivity index (χ1) is 5.74. The number of hydrogen-bond donors (Lipinski definition) is 2. The summed E-state index contributed by atoms with van der Waals surface area (Å²) in [7, 11) is 0. The Kier molecular flexibility index (Phi) is 3.47. The van der Waals surface area contributed by atoms with Crippen LogP contribution in [0.25, 0.3) is 0 Å². The third kappa shape index (κ3) is 3.17. The van der Waals surface area contributed by atoms with Gasteiger partial charge in [0, 0.05) is 18.8 Å². The third-order valence-corrected chi connectivity index (χ3v) is 2.67. The summed E-state index contributed by atoms with van der Waals surface area (Å²) in [6.07, 6.45) is 3.92. The molecule has 12 heavy (non-hydrogen) atoms. The SMILES string of the molecule is N=C(CCC=O)SC(=N)C1CC1. The zero-order valence-electron chi connectivity index (χ0n) is 6.80. The molecule has 3 nitrogen and oxygen atoms in total. The number of rotatable bonds is 4. The quantitative estimate of drug-likeness (QED) is 0.399. The largest absolute Gasteiger partial charge is 0.303 e. The van der Waals surface area contributed by atoms with Crippen LogP contribution in [0.3, 0.4) is 0 Å². The van der Waals surface area contributed by atoms with Crippen molar-refractivity contribution in [3.8, 4) is 0 Å². The molecule has 0 unspecified atom stereocenters. The molecule has 0 amide bonds. The molecule has 1 saturated carbocycles. The van der Waals surface area contributed by atoms with Crippen LogP contribution >= 0.6 is 11.8 Å². The highest BCUT2D eigenvalue weighted by molar-refractivity contribution is 8.26. The van der Waals surface area contributed by atoms with Gasteiger partial charge >= 0.3 is 0 Å². The molecule has 0 bridgehead atoms. The second kappa shape index (κ2) is 4.40. The summed E-state index contributed by atoms with van der Waals surface area (Å²) in [6, 6.07) is 0. The van der Waals surface area contributed by atoms with Crippen molar-refractivity contribution in [2.24, 2.45) is 5.92 Å². The molecule has 0 atom stereocenters. The van der Waals surface area contributed by atoms with Gasteiger partial charge in [-0.25, -0.2) is 0 Å². The first-order valence-corrected chi connectivity index (χ1v) is 4.83. The molecular formula is C8H12N2OS. The lowest BCUT2D eigenvalue weighted by Crippen LogP contribution is -1.99. The average Bonchev–Trinajstić information content (AvgIpc) is 2.82. The Bertz CT molecular complexity index is 211. The van der Waals surface area contributed by atoms with E-state index in [0.717, 1.165) is 19.1 Å². The normalized spacial score (nSPS) is 15.7. The van der Waals surface area contributed by atoms with Gasteiger partial charge in [-0.3, -0.25) is 10.8 Å². The summed E-state index contributed by atoms with van der Waals surface area (Å²) in [6.45, 7) is 0. The summed E-state index contributed by atoms with van der Waals surface area (Å²) in [5.41, 5.74) is 0. The molecule has 4 heteroatoms. The smallest absolute Gasteiger partial charge is 0.120 e. The Balaban J connectivity index is 2.15. The van der Waals surface area contributed by atoms with Crippen molar-refractivity contribution in [1.29, 1.82) is 10.8 Å². The molecule has 1 aliphatic rings. The first kappa shape index (κ1) is 9.45. The highest BCUT2D eigenvalue weighted by Gasteiger charge is 2.27. The van der Waals surface area contributed by atoms with Crippen LogP contribution in [0.15, 0.2) is 0 Å². The van der Waals surface area contributed by atoms with E-state index in [-0.39, 0.29) is 0 Å². The lowest BCUT2D eigenvalue weighted by molar-refractivity contribution is -0.107. The zero-order valence-corrected chi connectivity index (χ0v) is 7.62. The van der Waals surface area contributed by atoms with Crippen LogP contribution in [0.2, 0.25) is 0 Å². The van der Waals surface area contributed by atoms with Crippen LogP contribution in [0.4, 0.5) is 0 Å². The number of aldehydes is 1. The highest BCUT2D eigenvalue weighted by atomic mass is 32.2. The molecule has 0 aromatic carbocycles. The van der Waals surface area contributed by atoms with E-state index in [4.69, 9.17) is 10.8 Å². The van der Waals surface area contributed by atoms with Gasteiger partial charge in [0.2, 0.25) is 0 Å². The predicted octanol–water partition coefficient (Wildman–Crippen LogP) is 2.06. The van der Waals surface area contributed by atoms with E-state index >= 15 is 0 Å². The molecule has 0 radical (unpaired) electrons. The molecule has 1 aliphatic carbocycles. The van der Waals surface area contributed by atoms with Gasteiger partial charge in [0.25, 0.3) is 0 Å². The topological polar surface area (TPSA) is 64.8 Å². The van der Waals surface area contributed by atoms with Crippen molar-refractivity contribution in [2.45, 2.75) is 25.7 Å². The van der Waals surface area contributed by atoms with Gasteiger partial charge in [-0.05, 0) is 12.8 Å². The monoisotopic (exact) mass is 184 g/mol. The van der Waals surface area contributed by atoms with Gasteiger partial charge in [-0.1, -0.05) is 11.8 Å². The summed E-state index contributed by atoms with van der Waals surface area (Å²) in [5.74, 6) is 0.423. The van der Waals surface area contributed by atoms with Crippen LogP contribution in [0.5, 0.6) is 0 Å². The predicted molar refractivity (Wildman–Crippen MR) is 51.1 cm³/mol. The molecule has 0 aromatic heterocycles. The van der Waals surface area contributed by atoms with Gasteiger partial charge in [0.15, 0.2) is 0 Å². The first-order valence-electron chi connectivity index (χ1n) is 4.01. The van der Waals surface area contributed by atoms with E-state index in [0.29, 0.717) is 28.8 Å². The van der Waals surface area contributed by atoms with Crippen molar-refractivity contribution < 1.29 is 4.79 Å². The molecule has 66 valence electrons. The summed E-state index contributed by atoms with van der Waals surface area (Å²) in [5, 5.41) is 16.0. The number of thioether (sulfide) groups is 1. The Morgan fingerprint density at radius 3 is 2.67 bits per heavy atom. The Morgan fingerprint density at radius 2 is 2.17 bits per heavy atom. The molecular weight excluding hydrogens is 172 g/mol. The van der Waals surface area contributed by atoms with Crippen LogP contribution in [0, 0.1) is 16.7 Å². The number of carbonyl (C=O) groups excluding carboxylic acids is 1. The number of carbonyl (C=O) groups is 1. The Morgan fingerprint density at radius 1 is 1.50 bits per heavy atom.